The third kappa shape index (κ3) is 7.78. The molecule has 0 saturated heterocycles. The Kier molecular flexibility index (Phi) is 11.8. The Balaban J connectivity index is 4.96. The molecule has 0 spiro atoms. The van der Waals surface area contributed by atoms with E-state index >= 15 is 0 Å². The molecule has 6 heteroatoms. The molecule has 0 saturated carbocycles. The zero-order valence-electron chi connectivity index (χ0n) is 18.6. The van der Waals surface area contributed by atoms with Gasteiger partial charge in [-0.1, -0.05) is 74.7 Å². The van der Waals surface area contributed by atoms with Crippen LogP contribution in [-0.2, 0) is 29.4 Å². The minimum atomic E-state index is -0.684. The predicted molar refractivity (Wildman–Crippen MR) is 104 cm³/mol. The molecule has 0 aromatic carbocycles. The highest BCUT2D eigenvalue weighted by molar-refractivity contribution is 5.76. The molecule has 2 atom stereocenters. The van der Waals surface area contributed by atoms with Crippen LogP contribution in [0.15, 0.2) is 0 Å². The van der Waals surface area contributed by atoms with Gasteiger partial charge in [-0.15, -0.1) is 0 Å². The molecular weight excluding hydrogens is 348 g/mol. The van der Waals surface area contributed by atoms with Crippen LogP contribution in [0.4, 0.5) is 0 Å². The fourth-order valence-corrected chi connectivity index (χ4v) is 3.51. The molecular formula is C21H40O6. The van der Waals surface area contributed by atoms with Gasteiger partial charge in [0.25, 0.3) is 0 Å². The quantitative estimate of drug-likeness (QED) is 0.221. The van der Waals surface area contributed by atoms with Gasteiger partial charge in [-0.3, -0.25) is 9.78 Å². The topological polar surface area (TPSA) is 71.1 Å². The van der Waals surface area contributed by atoms with Crippen LogP contribution < -0.4 is 0 Å². The van der Waals surface area contributed by atoms with Crippen LogP contribution in [-0.4, -0.2) is 11.9 Å². The van der Waals surface area contributed by atoms with Gasteiger partial charge in [-0.05, 0) is 37.0 Å². The fraction of sp³-hybridized carbons (Fsp3) is 0.905. The van der Waals surface area contributed by atoms with Crippen LogP contribution >= 0.6 is 0 Å². The summed E-state index contributed by atoms with van der Waals surface area (Å²) in [7, 11) is 0. The summed E-state index contributed by atoms with van der Waals surface area (Å²) >= 11 is 0. The molecule has 160 valence electrons. The minimum absolute atomic E-state index is 0.0649. The third-order valence-corrected chi connectivity index (χ3v) is 5.96. The van der Waals surface area contributed by atoms with Gasteiger partial charge in [0.05, 0.1) is 11.3 Å². The molecule has 0 aliphatic heterocycles. The molecule has 0 aromatic rings. The van der Waals surface area contributed by atoms with Crippen molar-refractivity contribution >= 4 is 11.9 Å². The Morgan fingerprint density at radius 3 is 1.89 bits per heavy atom. The molecule has 6 nitrogen and oxygen atoms in total. The van der Waals surface area contributed by atoms with Gasteiger partial charge in [-0.2, -0.15) is 0 Å². The first-order valence-corrected chi connectivity index (χ1v) is 10.4. The van der Waals surface area contributed by atoms with Crippen LogP contribution in [0.2, 0.25) is 0 Å². The van der Waals surface area contributed by atoms with Crippen molar-refractivity contribution in [1.29, 1.82) is 0 Å². The number of hydrogen-bond acceptors (Lipinski definition) is 6. The van der Waals surface area contributed by atoms with E-state index in [1.807, 2.05) is 20.8 Å². The largest absolute Gasteiger partial charge is 0.352 e. The summed E-state index contributed by atoms with van der Waals surface area (Å²) in [5.41, 5.74) is -0.764. The van der Waals surface area contributed by atoms with Crippen LogP contribution in [0.3, 0.4) is 0 Å². The maximum absolute atomic E-state index is 12.9. The lowest BCUT2D eigenvalue weighted by Crippen LogP contribution is -2.44. The van der Waals surface area contributed by atoms with Crippen molar-refractivity contribution in [1.82, 2.24) is 0 Å². The van der Waals surface area contributed by atoms with E-state index < -0.39 is 17.4 Å². The second kappa shape index (κ2) is 12.3. The molecule has 0 bridgehead atoms. The lowest BCUT2D eigenvalue weighted by Gasteiger charge is -2.42. The molecule has 0 aliphatic carbocycles. The zero-order chi connectivity index (χ0) is 21.1. The highest BCUT2D eigenvalue weighted by Gasteiger charge is 2.48. The van der Waals surface area contributed by atoms with Crippen LogP contribution in [0.5, 0.6) is 0 Å². The lowest BCUT2D eigenvalue weighted by atomic mass is 9.61. The average Bonchev–Trinajstić information content (AvgIpc) is 2.62. The van der Waals surface area contributed by atoms with Gasteiger partial charge < -0.3 is 0 Å². The molecule has 0 heterocycles. The first kappa shape index (κ1) is 25.9. The molecule has 0 aromatic heterocycles. The SMILES string of the molecule is CCCCCC(CC)(C(=O)OOOOC(=O)C(CC)CC)C(C)C(C)(C)C. The Hall–Kier alpha value is -1.14. The average molecular weight is 389 g/mol. The van der Waals surface area contributed by atoms with Crippen molar-refractivity contribution in [3.05, 3.63) is 0 Å². The molecule has 0 N–H and O–H groups in total. The maximum atomic E-state index is 12.9. The second-order valence-electron chi connectivity index (χ2n) is 8.48. The van der Waals surface area contributed by atoms with Crippen molar-refractivity contribution in [2.45, 2.75) is 100 Å². The zero-order valence-corrected chi connectivity index (χ0v) is 18.6. The van der Waals surface area contributed by atoms with Crippen LogP contribution in [0.1, 0.15) is 100 Å². The first-order valence-electron chi connectivity index (χ1n) is 10.4. The standard InChI is InChI=1S/C21H40O6/c1-9-13-14-15-21(12-4,16(5)20(6,7)8)19(23)25-27-26-24-18(22)17(10-2)11-3/h16-17H,9-15H2,1-8H3. The van der Waals surface area contributed by atoms with E-state index in [1.54, 1.807) is 0 Å². The summed E-state index contributed by atoms with van der Waals surface area (Å²) in [5.74, 6) is -1.23. The normalized spacial score (nSPS) is 15.3. The molecule has 0 amide bonds. The Morgan fingerprint density at radius 1 is 0.889 bits per heavy atom. The van der Waals surface area contributed by atoms with Crippen LogP contribution in [0, 0.1) is 22.7 Å². The first-order chi connectivity index (χ1) is 12.6. The van der Waals surface area contributed by atoms with E-state index in [-0.39, 0.29) is 17.3 Å². The minimum Gasteiger partial charge on any atom is -0.266 e. The van der Waals surface area contributed by atoms with Gasteiger partial charge in [0.15, 0.2) is 0 Å². The van der Waals surface area contributed by atoms with Crippen LogP contribution in [0.25, 0.3) is 0 Å². The highest BCUT2D eigenvalue weighted by Crippen LogP contribution is 2.47. The Labute approximate surface area is 165 Å². The number of carbonyl (C=O) groups is 2. The molecule has 0 rings (SSSR count). The number of hydrogen-bond donors (Lipinski definition) is 0. The van der Waals surface area contributed by atoms with Crippen molar-refractivity contribution in [2.24, 2.45) is 22.7 Å². The Bertz CT molecular complexity index is 438. The fourth-order valence-electron chi connectivity index (χ4n) is 3.51. The summed E-state index contributed by atoms with van der Waals surface area (Å²) in [4.78, 5) is 34.1. The van der Waals surface area contributed by atoms with E-state index in [4.69, 9.17) is 4.89 Å². The van der Waals surface area contributed by atoms with Gasteiger partial charge >= 0.3 is 11.9 Å². The van der Waals surface area contributed by atoms with E-state index in [1.165, 1.54) is 0 Å². The van der Waals surface area contributed by atoms with E-state index in [0.717, 1.165) is 19.3 Å². The smallest absolute Gasteiger partial charge is 0.266 e. The number of unbranched alkanes of at least 4 members (excludes halogenated alkanes) is 2. The molecule has 2 unspecified atom stereocenters. The second-order valence-corrected chi connectivity index (χ2v) is 8.48. The summed E-state index contributed by atoms with van der Waals surface area (Å²) < 4.78 is 0. The summed E-state index contributed by atoms with van der Waals surface area (Å²) in [6.45, 7) is 16.3. The summed E-state index contributed by atoms with van der Waals surface area (Å²) in [6.07, 6.45) is 5.68. The van der Waals surface area contributed by atoms with Gasteiger partial charge in [0, 0.05) is 10.1 Å². The molecule has 27 heavy (non-hydrogen) atoms. The van der Waals surface area contributed by atoms with E-state index in [0.29, 0.717) is 25.7 Å². The van der Waals surface area contributed by atoms with Gasteiger partial charge in [-0.25, -0.2) is 9.59 Å². The van der Waals surface area contributed by atoms with Gasteiger partial charge in [0.2, 0.25) is 0 Å². The lowest BCUT2D eigenvalue weighted by molar-refractivity contribution is -0.602. The number of rotatable bonds is 13. The number of carbonyl (C=O) groups excluding carboxylic acids is 2. The summed E-state index contributed by atoms with van der Waals surface area (Å²) in [5, 5.41) is 8.88. The highest BCUT2D eigenvalue weighted by atomic mass is 17.7. The van der Waals surface area contributed by atoms with E-state index in [9.17, 15) is 9.59 Å². The van der Waals surface area contributed by atoms with E-state index in [2.05, 4.69) is 49.6 Å². The molecule has 0 radical (unpaired) electrons. The van der Waals surface area contributed by atoms with Crippen molar-refractivity contribution < 1.29 is 29.4 Å². The van der Waals surface area contributed by atoms with Gasteiger partial charge in [0.1, 0.15) is 0 Å². The maximum Gasteiger partial charge on any atom is 0.352 e. The Morgan fingerprint density at radius 2 is 1.44 bits per heavy atom. The third-order valence-electron chi connectivity index (χ3n) is 5.96. The van der Waals surface area contributed by atoms with Crippen molar-refractivity contribution in [2.75, 3.05) is 0 Å². The predicted octanol–water partition coefficient (Wildman–Crippen LogP) is 5.95. The summed E-state index contributed by atoms with van der Waals surface area (Å²) in [6, 6.07) is 0. The molecule has 0 fully saturated rings. The van der Waals surface area contributed by atoms with Crippen molar-refractivity contribution in [3.63, 3.8) is 0 Å². The van der Waals surface area contributed by atoms with Crippen molar-refractivity contribution in [3.8, 4) is 0 Å². The monoisotopic (exact) mass is 388 g/mol. The molecule has 0 aliphatic rings.